The van der Waals surface area contributed by atoms with Crippen LogP contribution in [0.2, 0.25) is 0 Å². The molecule has 0 saturated heterocycles. The second-order valence-electron chi connectivity index (χ2n) is 5.32. The Labute approximate surface area is 137 Å². The number of nitrogens with zero attached hydrogens (tertiary/aromatic N) is 2. The average molecular weight is 328 g/mol. The fraction of sp³-hybridized carbons (Fsp3) is 0.312. The molecule has 1 aromatic carbocycles. The van der Waals surface area contributed by atoms with Gasteiger partial charge >= 0.3 is 0 Å². The van der Waals surface area contributed by atoms with E-state index in [1.54, 1.807) is 6.07 Å². The van der Waals surface area contributed by atoms with Gasteiger partial charge in [-0.2, -0.15) is 5.26 Å². The van der Waals surface area contributed by atoms with Crippen molar-refractivity contribution in [3.05, 3.63) is 39.7 Å². The largest absolute Gasteiger partial charge is 0.487 e. The van der Waals surface area contributed by atoms with E-state index in [-0.39, 0.29) is 11.7 Å². The highest BCUT2D eigenvalue weighted by Gasteiger charge is 2.25. The fourth-order valence-corrected chi connectivity index (χ4v) is 3.13. The fourth-order valence-electron chi connectivity index (χ4n) is 2.78. The molecule has 0 fully saturated rings. The van der Waals surface area contributed by atoms with E-state index in [9.17, 15) is 4.79 Å². The molecule has 0 amide bonds. The van der Waals surface area contributed by atoms with Gasteiger partial charge in [0.15, 0.2) is 11.4 Å². The number of ether oxygens (including phenoxy) is 1. The lowest BCUT2D eigenvalue weighted by Gasteiger charge is -2.10. The van der Waals surface area contributed by atoms with Gasteiger partial charge in [0.2, 0.25) is 5.56 Å². The number of nitriles is 1. The molecule has 7 heteroatoms. The smallest absolute Gasteiger partial charge is 0.248 e. The van der Waals surface area contributed by atoms with E-state index in [2.05, 4.69) is 21.4 Å². The van der Waals surface area contributed by atoms with Gasteiger partial charge < -0.3 is 9.72 Å². The van der Waals surface area contributed by atoms with Crippen molar-refractivity contribution in [3.63, 3.8) is 0 Å². The number of fused-ring (bicyclic) bond motifs is 3. The molecule has 118 valence electrons. The van der Waals surface area contributed by atoms with Crippen LogP contribution in [-0.4, -0.2) is 29.1 Å². The number of amidine groups is 1. The summed E-state index contributed by atoms with van der Waals surface area (Å²) in [7, 11) is 0. The van der Waals surface area contributed by atoms with Gasteiger partial charge in [-0.25, -0.2) is 0 Å². The Hall–Kier alpha value is -2.46. The maximum absolute atomic E-state index is 11.5. The van der Waals surface area contributed by atoms with Crippen LogP contribution in [0.1, 0.15) is 11.1 Å². The van der Waals surface area contributed by atoms with Crippen LogP contribution in [0, 0.1) is 18.4 Å². The van der Waals surface area contributed by atoms with Crippen LogP contribution in [0.5, 0.6) is 5.75 Å². The maximum atomic E-state index is 11.5. The minimum absolute atomic E-state index is 0.0652. The number of H-pyrrole nitrogens is 1. The highest BCUT2D eigenvalue weighted by molar-refractivity contribution is 8.13. The van der Waals surface area contributed by atoms with Crippen molar-refractivity contribution in [2.24, 2.45) is 4.99 Å². The Kier molecular flexibility index (Phi) is 4.26. The Morgan fingerprint density at radius 3 is 3.17 bits per heavy atom. The number of aromatic nitrogens is 1. The van der Waals surface area contributed by atoms with Crippen molar-refractivity contribution in [2.75, 3.05) is 12.8 Å². The Morgan fingerprint density at radius 2 is 2.43 bits per heavy atom. The summed E-state index contributed by atoms with van der Waals surface area (Å²) in [6, 6.07) is 5.37. The van der Waals surface area contributed by atoms with E-state index >= 15 is 0 Å². The van der Waals surface area contributed by atoms with Gasteiger partial charge in [-0.3, -0.25) is 15.1 Å². The summed E-state index contributed by atoms with van der Waals surface area (Å²) in [5, 5.41) is 12.7. The number of pyridine rings is 1. The molecule has 2 aromatic rings. The Bertz CT molecular complexity index is 882. The van der Waals surface area contributed by atoms with Gasteiger partial charge in [-0.1, -0.05) is 17.8 Å². The third-order valence-electron chi connectivity index (χ3n) is 3.77. The highest BCUT2D eigenvalue weighted by Crippen LogP contribution is 2.37. The number of aliphatic imine (C=N–C) groups is 1. The number of hydrogen-bond donors (Lipinski definition) is 2. The van der Waals surface area contributed by atoms with Gasteiger partial charge in [-0.05, 0) is 30.4 Å². The van der Waals surface area contributed by atoms with Gasteiger partial charge in [0, 0.05) is 17.9 Å². The Morgan fingerprint density at radius 1 is 1.61 bits per heavy atom. The van der Waals surface area contributed by atoms with Gasteiger partial charge in [0.25, 0.3) is 0 Å². The molecule has 0 radical (unpaired) electrons. The monoisotopic (exact) mass is 328 g/mol. The molecule has 3 rings (SSSR count). The van der Waals surface area contributed by atoms with Crippen LogP contribution >= 0.6 is 11.8 Å². The van der Waals surface area contributed by atoms with Crippen molar-refractivity contribution in [1.29, 1.82) is 5.26 Å². The van der Waals surface area contributed by atoms with Crippen LogP contribution in [0.15, 0.2) is 28.0 Å². The number of rotatable bonds is 2. The third kappa shape index (κ3) is 3.03. The summed E-state index contributed by atoms with van der Waals surface area (Å²) >= 11 is 1.39. The van der Waals surface area contributed by atoms with Crippen LogP contribution < -0.4 is 15.6 Å². The summed E-state index contributed by atoms with van der Waals surface area (Å²) in [4.78, 5) is 18.8. The normalized spacial score (nSPS) is 16.7. The number of thioether (sulfide) groups is 1. The molecule has 2 heterocycles. The minimum atomic E-state index is -0.119. The lowest BCUT2D eigenvalue weighted by molar-refractivity contribution is 0.244. The van der Waals surface area contributed by atoms with E-state index < -0.39 is 0 Å². The van der Waals surface area contributed by atoms with E-state index in [4.69, 9.17) is 10.00 Å². The molecule has 0 saturated carbocycles. The van der Waals surface area contributed by atoms with E-state index in [0.29, 0.717) is 11.7 Å². The predicted molar refractivity (Wildman–Crippen MR) is 92.0 cm³/mol. The van der Waals surface area contributed by atoms with Gasteiger partial charge in [0.05, 0.1) is 12.1 Å². The molecule has 1 aromatic heterocycles. The van der Waals surface area contributed by atoms with Crippen LogP contribution in [0.3, 0.4) is 0 Å². The summed E-state index contributed by atoms with van der Waals surface area (Å²) < 4.78 is 6.04. The Balaban J connectivity index is 1.88. The average Bonchev–Trinajstić information content (AvgIpc) is 2.94. The van der Waals surface area contributed by atoms with Crippen molar-refractivity contribution >= 4 is 27.8 Å². The number of aryl methyl sites for hydroxylation is 1. The molecule has 0 spiro atoms. The zero-order valence-corrected chi connectivity index (χ0v) is 13.7. The van der Waals surface area contributed by atoms with Crippen molar-refractivity contribution in [2.45, 2.75) is 19.4 Å². The second kappa shape index (κ2) is 6.34. The highest BCUT2D eigenvalue weighted by atomic mass is 32.2. The van der Waals surface area contributed by atoms with Gasteiger partial charge in [0.1, 0.15) is 11.9 Å². The quantitative estimate of drug-likeness (QED) is 0.380. The summed E-state index contributed by atoms with van der Waals surface area (Å²) in [5.41, 5.74) is 2.85. The lowest BCUT2D eigenvalue weighted by Crippen LogP contribution is -2.21. The zero-order valence-electron chi connectivity index (χ0n) is 12.8. The second-order valence-corrected chi connectivity index (χ2v) is 6.12. The molecule has 1 aliphatic rings. The first kappa shape index (κ1) is 15.4. The van der Waals surface area contributed by atoms with E-state index in [0.717, 1.165) is 34.2 Å². The van der Waals surface area contributed by atoms with Crippen molar-refractivity contribution in [3.8, 4) is 11.9 Å². The zero-order chi connectivity index (χ0) is 16.4. The molecule has 6 nitrogen and oxygen atoms in total. The van der Waals surface area contributed by atoms with Crippen LogP contribution in [-0.2, 0) is 6.42 Å². The molecule has 1 unspecified atom stereocenters. The molecular weight excluding hydrogens is 312 g/mol. The molecule has 23 heavy (non-hydrogen) atoms. The predicted octanol–water partition coefficient (Wildman–Crippen LogP) is 1.93. The summed E-state index contributed by atoms with van der Waals surface area (Å²) in [5.74, 6) is 0.820. The first-order valence-corrected chi connectivity index (χ1v) is 8.40. The lowest BCUT2D eigenvalue weighted by atomic mass is 10.0. The molecule has 0 aliphatic carbocycles. The van der Waals surface area contributed by atoms with E-state index in [1.807, 2.05) is 19.4 Å². The SMILES string of the molecule is CSC(=NCC1Cc2cc(C)c3[nH]c(=O)ccc3c2O1)NC#N. The third-order valence-corrected chi connectivity index (χ3v) is 4.38. The standard InChI is InChI=1S/C16H16N4O2S/c1-9-5-10-6-11(7-18-16(23-2)19-8-17)22-15(10)12-3-4-13(21)20-14(9)12/h3-5,11H,6-7H2,1-2H3,(H,18,19)(H,20,21). The number of hydrogen-bond acceptors (Lipinski definition) is 5. The molecule has 1 aliphatic heterocycles. The van der Waals surface area contributed by atoms with E-state index in [1.165, 1.54) is 17.8 Å². The molecule has 2 N–H and O–H groups in total. The molecular formula is C16H16N4O2S. The number of nitrogens with one attached hydrogen (secondary N) is 2. The van der Waals surface area contributed by atoms with Crippen molar-refractivity contribution in [1.82, 2.24) is 10.3 Å². The first-order valence-electron chi connectivity index (χ1n) is 7.18. The molecule has 0 bridgehead atoms. The first-order chi connectivity index (χ1) is 11.1. The minimum Gasteiger partial charge on any atom is -0.487 e. The number of aromatic amines is 1. The topological polar surface area (TPSA) is 90.3 Å². The van der Waals surface area contributed by atoms with Gasteiger partial charge in [-0.15, -0.1) is 0 Å². The molecule has 1 atom stereocenters. The summed E-state index contributed by atoms with van der Waals surface area (Å²) in [6.07, 6.45) is 4.44. The number of benzene rings is 1. The summed E-state index contributed by atoms with van der Waals surface area (Å²) in [6.45, 7) is 2.45. The van der Waals surface area contributed by atoms with Crippen molar-refractivity contribution < 1.29 is 4.74 Å². The maximum Gasteiger partial charge on any atom is 0.248 e. The van der Waals surface area contributed by atoms with Crippen LogP contribution in [0.25, 0.3) is 10.9 Å². The van der Waals surface area contributed by atoms with Crippen LogP contribution in [0.4, 0.5) is 0 Å².